The maximum atomic E-state index is 5.99. The van der Waals surface area contributed by atoms with Gasteiger partial charge in [-0.15, -0.1) is 0 Å². The van der Waals surface area contributed by atoms with Crippen molar-refractivity contribution in [2.45, 2.75) is 39.5 Å². The third-order valence-electron chi connectivity index (χ3n) is 3.51. The molecule has 0 saturated heterocycles. The van der Waals surface area contributed by atoms with Crippen LogP contribution in [0.5, 0.6) is 5.75 Å². The van der Waals surface area contributed by atoms with Crippen LogP contribution in [-0.4, -0.2) is 6.04 Å². The van der Waals surface area contributed by atoms with Gasteiger partial charge >= 0.3 is 0 Å². The molecule has 0 amide bonds. The van der Waals surface area contributed by atoms with Gasteiger partial charge in [0.1, 0.15) is 12.4 Å². The Morgan fingerprint density at radius 3 is 2.71 bits per heavy atom. The van der Waals surface area contributed by atoms with Gasteiger partial charge in [0.2, 0.25) is 0 Å². The average Bonchev–Trinajstić information content (AvgIpc) is 2.51. The number of halogens is 1. The van der Waals surface area contributed by atoms with Gasteiger partial charge in [0.25, 0.3) is 0 Å². The van der Waals surface area contributed by atoms with Crippen LogP contribution in [0.3, 0.4) is 0 Å². The van der Waals surface area contributed by atoms with Crippen molar-refractivity contribution in [1.82, 2.24) is 5.32 Å². The molecule has 2 aromatic carbocycles. The summed E-state index contributed by atoms with van der Waals surface area (Å²) in [6.07, 6.45) is 1.12. The highest BCUT2D eigenvalue weighted by Gasteiger charge is 2.05. The molecule has 0 aromatic heterocycles. The van der Waals surface area contributed by atoms with Crippen LogP contribution in [0, 0.1) is 0 Å². The van der Waals surface area contributed by atoms with E-state index in [0.717, 1.165) is 29.3 Å². The Kier molecular flexibility index (Phi) is 6.09. The van der Waals surface area contributed by atoms with Gasteiger partial charge in [-0.2, -0.15) is 0 Å². The first kappa shape index (κ1) is 15.9. The monoisotopic (exact) mass is 303 g/mol. The first-order valence-corrected chi connectivity index (χ1v) is 7.75. The van der Waals surface area contributed by atoms with Crippen molar-refractivity contribution in [3.63, 3.8) is 0 Å². The summed E-state index contributed by atoms with van der Waals surface area (Å²) in [4.78, 5) is 0. The lowest BCUT2D eigenvalue weighted by molar-refractivity contribution is 0.301. The molecule has 0 fully saturated rings. The molecule has 3 heteroatoms. The van der Waals surface area contributed by atoms with Crippen molar-refractivity contribution in [1.29, 1.82) is 0 Å². The molecule has 0 spiro atoms. The standard InChI is InChI=1S/C18H22ClNO/c1-3-14(2)20-12-16-8-4-5-10-18(16)21-13-15-7-6-9-17(19)11-15/h4-11,14,20H,3,12-13H2,1-2H3. The summed E-state index contributed by atoms with van der Waals surface area (Å²) < 4.78 is 5.95. The van der Waals surface area contributed by atoms with E-state index < -0.39 is 0 Å². The molecule has 0 aliphatic heterocycles. The van der Waals surface area contributed by atoms with Crippen LogP contribution in [0.25, 0.3) is 0 Å². The Morgan fingerprint density at radius 2 is 1.95 bits per heavy atom. The predicted octanol–water partition coefficient (Wildman–Crippen LogP) is 4.81. The molecule has 0 radical (unpaired) electrons. The predicted molar refractivity (Wildman–Crippen MR) is 88.8 cm³/mol. The summed E-state index contributed by atoms with van der Waals surface area (Å²) in [5.41, 5.74) is 2.26. The van der Waals surface area contributed by atoms with E-state index in [1.54, 1.807) is 0 Å². The number of rotatable bonds is 7. The summed E-state index contributed by atoms with van der Waals surface area (Å²) >= 11 is 5.99. The summed E-state index contributed by atoms with van der Waals surface area (Å²) in [5, 5.41) is 4.23. The summed E-state index contributed by atoms with van der Waals surface area (Å²) in [5.74, 6) is 0.924. The Balaban J connectivity index is 1.99. The summed E-state index contributed by atoms with van der Waals surface area (Å²) in [6, 6.07) is 16.4. The lowest BCUT2D eigenvalue weighted by atomic mass is 10.1. The maximum absolute atomic E-state index is 5.99. The summed E-state index contributed by atoms with van der Waals surface area (Å²) in [6.45, 7) is 5.72. The fourth-order valence-electron chi connectivity index (χ4n) is 2.01. The van der Waals surface area contributed by atoms with Gasteiger partial charge in [0.15, 0.2) is 0 Å². The van der Waals surface area contributed by atoms with E-state index in [1.165, 1.54) is 5.56 Å². The molecule has 0 bridgehead atoms. The van der Waals surface area contributed by atoms with Crippen LogP contribution < -0.4 is 10.1 Å². The zero-order chi connectivity index (χ0) is 15.1. The molecule has 0 heterocycles. The quantitative estimate of drug-likeness (QED) is 0.793. The van der Waals surface area contributed by atoms with Crippen molar-refractivity contribution >= 4 is 11.6 Å². The van der Waals surface area contributed by atoms with E-state index in [4.69, 9.17) is 16.3 Å². The Bertz CT molecular complexity index is 571. The zero-order valence-electron chi connectivity index (χ0n) is 12.6. The van der Waals surface area contributed by atoms with Crippen LogP contribution in [-0.2, 0) is 13.2 Å². The second-order valence-electron chi connectivity index (χ2n) is 5.22. The first-order valence-electron chi connectivity index (χ1n) is 7.37. The molecule has 1 atom stereocenters. The number of nitrogens with one attached hydrogen (secondary N) is 1. The van der Waals surface area contributed by atoms with Crippen LogP contribution in [0.2, 0.25) is 5.02 Å². The van der Waals surface area contributed by atoms with Crippen LogP contribution in [0.1, 0.15) is 31.4 Å². The molecule has 2 nitrogen and oxygen atoms in total. The maximum Gasteiger partial charge on any atom is 0.124 e. The van der Waals surface area contributed by atoms with Crippen LogP contribution >= 0.6 is 11.6 Å². The SMILES string of the molecule is CCC(C)NCc1ccccc1OCc1cccc(Cl)c1. The van der Waals surface area contributed by atoms with Crippen LogP contribution in [0.15, 0.2) is 48.5 Å². The molecule has 2 aromatic rings. The third-order valence-corrected chi connectivity index (χ3v) is 3.74. The second-order valence-corrected chi connectivity index (χ2v) is 5.65. The zero-order valence-corrected chi connectivity index (χ0v) is 13.4. The van der Waals surface area contributed by atoms with Gasteiger partial charge in [-0.05, 0) is 37.1 Å². The van der Waals surface area contributed by atoms with Crippen molar-refractivity contribution in [3.8, 4) is 5.75 Å². The van der Waals surface area contributed by atoms with Crippen LogP contribution in [0.4, 0.5) is 0 Å². The summed E-state index contributed by atoms with van der Waals surface area (Å²) in [7, 11) is 0. The van der Waals surface area contributed by atoms with E-state index >= 15 is 0 Å². The molecule has 0 aliphatic rings. The topological polar surface area (TPSA) is 21.3 Å². The lowest BCUT2D eigenvalue weighted by Crippen LogP contribution is -2.24. The number of benzene rings is 2. The average molecular weight is 304 g/mol. The van der Waals surface area contributed by atoms with Crippen molar-refractivity contribution in [2.24, 2.45) is 0 Å². The molecule has 21 heavy (non-hydrogen) atoms. The fraction of sp³-hybridized carbons (Fsp3) is 0.333. The minimum absolute atomic E-state index is 0.506. The van der Waals surface area contributed by atoms with E-state index in [1.807, 2.05) is 42.5 Å². The van der Waals surface area contributed by atoms with E-state index in [-0.39, 0.29) is 0 Å². The van der Waals surface area contributed by atoms with Gasteiger partial charge in [-0.1, -0.05) is 48.9 Å². The minimum atomic E-state index is 0.506. The van der Waals surface area contributed by atoms with Crippen molar-refractivity contribution in [2.75, 3.05) is 0 Å². The molecule has 112 valence electrons. The molecule has 2 rings (SSSR count). The van der Waals surface area contributed by atoms with Gasteiger partial charge < -0.3 is 10.1 Å². The minimum Gasteiger partial charge on any atom is -0.489 e. The molecule has 1 unspecified atom stereocenters. The molecule has 1 N–H and O–H groups in total. The first-order chi connectivity index (χ1) is 10.2. The number of para-hydroxylation sites is 1. The van der Waals surface area contributed by atoms with Gasteiger partial charge in [-0.25, -0.2) is 0 Å². The second kappa shape index (κ2) is 8.06. The van der Waals surface area contributed by atoms with Gasteiger partial charge in [-0.3, -0.25) is 0 Å². The highest BCUT2D eigenvalue weighted by Crippen LogP contribution is 2.20. The lowest BCUT2D eigenvalue weighted by Gasteiger charge is -2.15. The van der Waals surface area contributed by atoms with E-state index in [9.17, 15) is 0 Å². The molecular weight excluding hydrogens is 282 g/mol. The van der Waals surface area contributed by atoms with E-state index in [0.29, 0.717) is 12.6 Å². The highest BCUT2D eigenvalue weighted by atomic mass is 35.5. The van der Waals surface area contributed by atoms with Crippen molar-refractivity contribution < 1.29 is 4.74 Å². The largest absolute Gasteiger partial charge is 0.489 e. The molecular formula is C18H22ClNO. The normalized spacial score (nSPS) is 12.1. The van der Waals surface area contributed by atoms with Crippen molar-refractivity contribution in [3.05, 3.63) is 64.7 Å². The number of hydrogen-bond donors (Lipinski definition) is 1. The Hall–Kier alpha value is -1.51. The Morgan fingerprint density at radius 1 is 1.14 bits per heavy atom. The van der Waals surface area contributed by atoms with Gasteiger partial charge in [0, 0.05) is 23.2 Å². The third kappa shape index (κ3) is 5.07. The van der Waals surface area contributed by atoms with E-state index in [2.05, 4.69) is 25.2 Å². The smallest absolute Gasteiger partial charge is 0.124 e. The Labute approximate surface area is 132 Å². The number of ether oxygens (including phenoxy) is 1. The molecule has 0 aliphatic carbocycles. The number of hydrogen-bond acceptors (Lipinski definition) is 2. The highest BCUT2D eigenvalue weighted by molar-refractivity contribution is 6.30. The molecule has 0 saturated carbocycles. The fourth-order valence-corrected chi connectivity index (χ4v) is 2.22. The van der Waals surface area contributed by atoms with Gasteiger partial charge in [0.05, 0.1) is 0 Å².